The fourth-order valence-corrected chi connectivity index (χ4v) is 2.66. The molecule has 6 heteroatoms. The number of aromatic amines is 1. The Morgan fingerprint density at radius 1 is 1.20 bits per heavy atom. The summed E-state index contributed by atoms with van der Waals surface area (Å²) >= 11 is 0. The minimum atomic E-state index is -0.259. The molecule has 3 aromatic rings. The number of nitrogens with zero attached hydrogens (tertiary/aromatic N) is 1. The molecule has 0 unspecified atom stereocenters. The zero-order valence-electron chi connectivity index (χ0n) is 13.9. The average molecular weight is 341 g/mol. The van der Waals surface area contributed by atoms with Crippen molar-refractivity contribution in [1.82, 2.24) is 15.5 Å². The molecule has 0 fully saturated rings. The zero-order valence-corrected chi connectivity index (χ0v) is 13.9. The second-order valence-electron chi connectivity index (χ2n) is 5.71. The maximum Gasteiger partial charge on any atom is 0.160 e. The lowest BCUT2D eigenvalue weighted by molar-refractivity contribution is 0.373. The third-order valence-corrected chi connectivity index (χ3v) is 4.00. The van der Waals surface area contributed by atoms with Crippen LogP contribution in [0.5, 0.6) is 11.5 Å². The average Bonchev–Trinajstić information content (AvgIpc) is 3.08. The predicted octanol–water partition coefficient (Wildman–Crippen LogP) is 3.26. The van der Waals surface area contributed by atoms with Gasteiger partial charge in [0.25, 0.3) is 0 Å². The minimum absolute atomic E-state index is 0.147. The summed E-state index contributed by atoms with van der Waals surface area (Å²) in [5.41, 5.74) is 3.83. The summed E-state index contributed by atoms with van der Waals surface area (Å²) < 4.78 is 18.1. The molecule has 3 N–H and O–H groups in total. The zero-order chi connectivity index (χ0) is 17.6. The van der Waals surface area contributed by atoms with Crippen LogP contribution < -0.4 is 10.1 Å². The van der Waals surface area contributed by atoms with E-state index in [9.17, 15) is 9.50 Å². The normalized spacial score (nSPS) is 10.8. The van der Waals surface area contributed by atoms with Crippen molar-refractivity contribution in [1.29, 1.82) is 0 Å². The summed E-state index contributed by atoms with van der Waals surface area (Å²) in [4.78, 5) is 0. The Morgan fingerprint density at radius 2 is 2.00 bits per heavy atom. The number of nitrogens with one attached hydrogen (secondary N) is 2. The molecule has 0 radical (unpaired) electrons. The van der Waals surface area contributed by atoms with E-state index in [1.165, 1.54) is 19.2 Å². The standard InChI is InChI=1S/C19H20FN3O2/c1-25-18-7-2-13(10-17(18)24)8-9-21-11-15-12-22-23-19(15)14-3-5-16(20)6-4-14/h2-7,10,12,21,24H,8-9,11H2,1H3,(H,22,23). The Bertz CT molecular complexity index is 831. The van der Waals surface area contributed by atoms with Gasteiger partial charge in [0.2, 0.25) is 0 Å². The van der Waals surface area contributed by atoms with Crippen LogP contribution >= 0.6 is 0 Å². The minimum Gasteiger partial charge on any atom is -0.504 e. The number of hydrogen-bond donors (Lipinski definition) is 3. The molecule has 1 aromatic heterocycles. The van der Waals surface area contributed by atoms with Gasteiger partial charge >= 0.3 is 0 Å². The van der Waals surface area contributed by atoms with Crippen LogP contribution in [-0.4, -0.2) is 29.0 Å². The molecule has 1 heterocycles. The van der Waals surface area contributed by atoms with Gasteiger partial charge in [-0.05, 0) is 54.9 Å². The Morgan fingerprint density at radius 3 is 2.72 bits per heavy atom. The molecule has 0 aliphatic rings. The maximum atomic E-state index is 13.1. The molecule has 2 aromatic carbocycles. The highest BCUT2D eigenvalue weighted by Crippen LogP contribution is 2.26. The van der Waals surface area contributed by atoms with Gasteiger partial charge in [-0.25, -0.2) is 4.39 Å². The smallest absolute Gasteiger partial charge is 0.160 e. The van der Waals surface area contributed by atoms with Crippen LogP contribution in [0, 0.1) is 5.82 Å². The topological polar surface area (TPSA) is 70.2 Å². The van der Waals surface area contributed by atoms with Crippen molar-refractivity contribution in [2.45, 2.75) is 13.0 Å². The van der Waals surface area contributed by atoms with Gasteiger partial charge < -0.3 is 15.2 Å². The van der Waals surface area contributed by atoms with E-state index in [2.05, 4.69) is 15.5 Å². The van der Waals surface area contributed by atoms with Crippen molar-refractivity contribution >= 4 is 0 Å². The summed E-state index contributed by atoms with van der Waals surface area (Å²) in [6.45, 7) is 1.39. The Hall–Kier alpha value is -2.86. The van der Waals surface area contributed by atoms with Gasteiger partial charge in [-0.15, -0.1) is 0 Å². The third kappa shape index (κ3) is 4.16. The molecule has 0 atom stereocenters. The largest absolute Gasteiger partial charge is 0.504 e. The molecule has 0 aliphatic carbocycles. The van der Waals surface area contributed by atoms with Crippen molar-refractivity contribution in [3.05, 3.63) is 65.6 Å². The number of rotatable bonds is 7. The van der Waals surface area contributed by atoms with Crippen LogP contribution in [0.25, 0.3) is 11.3 Å². The SMILES string of the molecule is COc1ccc(CCNCc2cn[nH]c2-c2ccc(F)cc2)cc1O. The molecule has 5 nitrogen and oxygen atoms in total. The van der Waals surface area contributed by atoms with Gasteiger partial charge in [-0.1, -0.05) is 6.07 Å². The van der Waals surface area contributed by atoms with Crippen molar-refractivity contribution in [2.75, 3.05) is 13.7 Å². The van der Waals surface area contributed by atoms with Crippen molar-refractivity contribution < 1.29 is 14.2 Å². The Labute approximate surface area is 145 Å². The van der Waals surface area contributed by atoms with Crippen LogP contribution in [0.2, 0.25) is 0 Å². The van der Waals surface area contributed by atoms with E-state index in [0.29, 0.717) is 12.3 Å². The number of aromatic hydroxyl groups is 1. The number of H-pyrrole nitrogens is 1. The number of aromatic nitrogens is 2. The number of hydrogen-bond acceptors (Lipinski definition) is 4. The Kier molecular flexibility index (Phi) is 5.30. The van der Waals surface area contributed by atoms with Gasteiger partial charge in [-0.3, -0.25) is 5.10 Å². The quantitative estimate of drug-likeness (QED) is 0.577. The maximum absolute atomic E-state index is 13.1. The summed E-state index contributed by atoms with van der Waals surface area (Å²) in [5.74, 6) is 0.359. The van der Waals surface area contributed by atoms with Crippen LogP contribution in [0.15, 0.2) is 48.7 Å². The summed E-state index contributed by atoms with van der Waals surface area (Å²) in [6.07, 6.45) is 2.55. The highest BCUT2D eigenvalue weighted by molar-refractivity contribution is 5.62. The molecule has 0 bridgehead atoms. The number of methoxy groups -OCH3 is 1. The first kappa shape index (κ1) is 17.0. The number of phenols is 1. The number of benzene rings is 2. The predicted molar refractivity (Wildman–Crippen MR) is 94.1 cm³/mol. The van der Waals surface area contributed by atoms with Crippen LogP contribution in [0.3, 0.4) is 0 Å². The van der Waals surface area contributed by atoms with E-state index in [4.69, 9.17) is 4.74 Å². The van der Waals surface area contributed by atoms with Crippen LogP contribution in [-0.2, 0) is 13.0 Å². The first-order valence-corrected chi connectivity index (χ1v) is 8.02. The first-order valence-electron chi connectivity index (χ1n) is 8.02. The van der Waals surface area contributed by atoms with Crippen LogP contribution in [0.1, 0.15) is 11.1 Å². The van der Waals surface area contributed by atoms with E-state index in [1.54, 1.807) is 30.5 Å². The molecule has 0 amide bonds. The third-order valence-electron chi connectivity index (χ3n) is 4.00. The van der Waals surface area contributed by atoms with Crippen molar-refractivity contribution in [3.8, 4) is 22.8 Å². The Balaban J connectivity index is 1.55. The molecule has 0 saturated carbocycles. The van der Waals surface area contributed by atoms with E-state index < -0.39 is 0 Å². The molecular weight excluding hydrogens is 321 g/mol. The monoisotopic (exact) mass is 341 g/mol. The lowest BCUT2D eigenvalue weighted by atomic mass is 10.1. The molecule has 130 valence electrons. The lowest BCUT2D eigenvalue weighted by Crippen LogP contribution is -2.16. The first-order chi connectivity index (χ1) is 12.2. The number of phenolic OH excluding ortho intramolecular Hbond substituents is 1. The lowest BCUT2D eigenvalue weighted by Gasteiger charge is -2.08. The van der Waals surface area contributed by atoms with Gasteiger partial charge in [0.1, 0.15) is 5.82 Å². The van der Waals surface area contributed by atoms with Gasteiger partial charge in [0, 0.05) is 17.7 Å². The molecule has 0 spiro atoms. The van der Waals surface area contributed by atoms with Crippen LogP contribution in [0.4, 0.5) is 4.39 Å². The molecular formula is C19H20FN3O2. The van der Waals surface area contributed by atoms with Crippen molar-refractivity contribution in [3.63, 3.8) is 0 Å². The van der Waals surface area contributed by atoms with E-state index in [-0.39, 0.29) is 11.6 Å². The van der Waals surface area contributed by atoms with Gasteiger partial charge in [0.15, 0.2) is 11.5 Å². The molecule has 25 heavy (non-hydrogen) atoms. The number of halogens is 1. The molecule has 3 rings (SSSR count). The highest BCUT2D eigenvalue weighted by Gasteiger charge is 2.08. The summed E-state index contributed by atoms with van der Waals surface area (Å²) in [6, 6.07) is 11.7. The second-order valence-corrected chi connectivity index (χ2v) is 5.71. The van der Waals surface area contributed by atoms with Gasteiger partial charge in [0.05, 0.1) is 19.0 Å². The molecule has 0 saturated heterocycles. The summed E-state index contributed by atoms with van der Waals surface area (Å²) in [7, 11) is 1.53. The van der Waals surface area contributed by atoms with Crippen molar-refractivity contribution in [2.24, 2.45) is 0 Å². The fourth-order valence-electron chi connectivity index (χ4n) is 2.66. The number of ether oxygens (including phenoxy) is 1. The van der Waals surface area contributed by atoms with E-state index >= 15 is 0 Å². The van der Waals surface area contributed by atoms with E-state index in [1.807, 2.05) is 6.07 Å². The summed E-state index contributed by atoms with van der Waals surface area (Å²) in [5, 5.41) is 20.2. The van der Waals surface area contributed by atoms with Gasteiger partial charge in [-0.2, -0.15) is 5.10 Å². The molecule has 0 aliphatic heterocycles. The highest BCUT2D eigenvalue weighted by atomic mass is 19.1. The van der Waals surface area contributed by atoms with E-state index in [0.717, 1.165) is 35.3 Å². The second kappa shape index (κ2) is 7.81. The fraction of sp³-hybridized carbons (Fsp3) is 0.211.